The number of hydrogen-bond acceptors (Lipinski definition) is 6. The molecule has 0 spiro atoms. The van der Waals surface area contributed by atoms with Crippen LogP contribution in [0, 0.1) is 10.1 Å². The van der Waals surface area contributed by atoms with Gasteiger partial charge in [0.15, 0.2) is 12.7 Å². The lowest BCUT2D eigenvalue weighted by molar-refractivity contribution is -0.384. The number of hydrogen-bond donors (Lipinski definition) is 0. The maximum atomic E-state index is 12.3. The van der Waals surface area contributed by atoms with E-state index in [1.807, 2.05) is 30.3 Å². The third kappa shape index (κ3) is 6.10. The standard InChI is InChI=1S/C19H20N2O6/c1-14(19(23)20(2)12-15-6-4-3-5-7-15)27-18(22)13-26-17-10-8-16(9-11-17)21(24)25/h3-11,14H,12-13H2,1-2H3/t14-/m0/s1. The van der Waals surface area contributed by atoms with E-state index in [0.29, 0.717) is 6.54 Å². The molecule has 0 N–H and O–H groups in total. The number of amides is 1. The topological polar surface area (TPSA) is 99.0 Å². The zero-order valence-electron chi connectivity index (χ0n) is 15.0. The van der Waals surface area contributed by atoms with Crippen LogP contribution in [-0.2, 0) is 20.9 Å². The number of nitro benzene ring substituents is 1. The zero-order valence-corrected chi connectivity index (χ0v) is 15.0. The van der Waals surface area contributed by atoms with Crippen molar-refractivity contribution in [1.29, 1.82) is 0 Å². The molecular formula is C19H20N2O6. The normalized spacial score (nSPS) is 11.3. The Hall–Kier alpha value is -3.42. The van der Waals surface area contributed by atoms with E-state index in [2.05, 4.69) is 0 Å². The summed E-state index contributed by atoms with van der Waals surface area (Å²) < 4.78 is 10.3. The maximum Gasteiger partial charge on any atom is 0.344 e. The Morgan fingerprint density at radius 1 is 1.11 bits per heavy atom. The molecule has 27 heavy (non-hydrogen) atoms. The molecule has 0 aliphatic rings. The Morgan fingerprint density at radius 3 is 2.33 bits per heavy atom. The highest BCUT2D eigenvalue weighted by Crippen LogP contribution is 2.17. The third-order valence-corrected chi connectivity index (χ3v) is 3.70. The first kappa shape index (κ1) is 19.9. The van der Waals surface area contributed by atoms with Crippen LogP contribution < -0.4 is 4.74 Å². The van der Waals surface area contributed by atoms with Crippen molar-refractivity contribution in [1.82, 2.24) is 4.90 Å². The van der Waals surface area contributed by atoms with Crippen molar-refractivity contribution in [2.24, 2.45) is 0 Å². The van der Waals surface area contributed by atoms with Gasteiger partial charge in [-0.1, -0.05) is 30.3 Å². The van der Waals surface area contributed by atoms with E-state index in [1.165, 1.54) is 36.1 Å². The van der Waals surface area contributed by atoms with Gasteiger partial charge >= 0.3 is 5.97 Å². The van der Waals surface area contributed by atoms with Gasteiger partial charge in [-0.3, -0.25) is 14.9 Å². The van der Waals surface area contributed by atoms with Gasteiger partial charge in [0.25, 0.3) is 11.6 Å². The first-order valence-corrected chi connectivity index (χ1v) is 8.22. The molecule has 142 valence electrons. The average Bonchev–Trinajstić information content (AvgIpc) is 2.66. The second-order valence-corrected chi connectivity index (χ2v) is 5.85. The summed E-state index contributed by atoms with van der Waals surface area (Å²) in [5.41, 5.74) is 0.888. The lowest BCUT2D eigenvalue weighted by Gasteiger charge is -2.21. The van der Waals surface area contributed by atoms with Crippen LogP contribution >= 0.6 is 0 Å². The van der Waals surface area contributed by atoms with Crippen molar-refractivity contribution in [2.45, 2.75) is 19.6 Å². The summed E-state index contributed by atoms with van der Waals surface area (Å²) in [4.78, 5) is 35.7. The van der Waals surface area contributed by atoms with Crippen molar-refractivity contribution >= 4 is 17.6 Å². The fourth-order valence-corrected chi connectivity index (χ4v) is 2.33. The summed E-state index contributed by atoms with van der Waals surface area (Å²) >= 11 is 0. The highest BCUT2D eigenvalue weighted by molar-refractivity contribution is 5.83. The fourth-order valence-electron chi connectivity index (χ4n) is 2.33. The van der Waals surface area contributed by atoms with Crippen molar-refractivity contribution in [3.63, 3.8) is 0 Å². The first-order valence-electron chi connectivity index (χ1n) is 8.22. The quantitative estimate of drug-likeness (QED) is 0.401. The van der Waals surface area contributed by atoms with Gasteiger partial charge in [0, 0.05) is 25.7 Å². The number of rotatable bonds is 8. The fraction of sp³-hybridized carbons (Fsp3) is 0.263. The molecule has 0 bridgehead atoms. The molecule has 8 heteroatoms. The number of non-ortho nitro benzene ring substituents is 1. The van der Waals surface area contributed by atoms with E-state index in [1.54, 1.807) is 7.05 Å². The molecule has 2 aromatic rings. The van der Waals surface area contributed by atoms with Gasteiger partial charge in [0.2, 0.25) is 0 Å². The number of carbonyl (C=O) groups excluding carboxylic acids is 2. The first-order chi connectivity index (χ1) is 12.9. The highest BCUT2D eigenvalue weighted by Gasteiger charge is 2.21. The number of esters is 1. The number of nitrogens with zero attached hydrogens (tertiary/aromatic N) is 2. The van der Waals surface area contributed by atoms with Crippen molar-refractivity contribution in [3.8, 4) is 5.75 Å². The second kappa shape index (κ2) is 9.33. The molecule has 2 aromatic carbocycles. The van der Waals surface area contributed by atoms with Gasteiger partial charge in [-0.05, 0) is 24.6 Å². The molecule has 2 rings (SSSR count). The largest absolute Gasteiger partial charge is 0.482 e. The predicted octanol–water partition coefficient (Wildman–Crippen LogP) is 2.56. The molecule has 0 saturated heterocycles. The number of benzene rings is 2. The van der Waals surface area contributed by atoms with Gasteiger partial charge in [0.1, 0.15) is 5.75 Å². The van der Waals surface area contributed by atoms with Crippen LogP contribution in [0.1, 0.15) is 12.5 Å². The van der Waals surface area contributed by atoms with Crippen molar-refractivity contribution in [3.05, 3.63) is 70.3 Å². The Bertz CT molecular complexity index is 792. The number of carbonyl (C=O) groups is 2. The summed E-state index contributed by atoms with van der Waals surface area (Å²) in [5.74, 6) is -0.748. The van der Waals surface area contributed by atoms with Gasteiger partial charge < -0.3 is 14.4 Å². The van der Waals surface area contributed by atoms with Crippen LogP contribution in [0.4, 0.5) is 5.69 Å². The molecule has 8 nitrogen and oxygen atoms in total. The van der Waals surface area contributed by atoms with Crippen LogP contribution in [0.3, 0.4) is 0 Å². The van der Waals surface area contributed by atoms with Crippen LogP contribution in [0.15, 0.2) is 54.6 Å². The highest BCUT2D eigenvalue weighted by atomic mass is 16.6. The molecule has 0 aromatic heterocycles. The van der Waals surface area contributed by atoms with Crippen LogP contribution in [0.25, 0.3) is 0 Å². The third-order valence-electron chi connectivity index (χ3n) is 3.70. The van der Waals surface area contributed by atoms with Crippen LogP contribution in [-0.4, -0.2) is 41.5 Å². The monoisotopic (exact) mass is 372 g/mol. The Morgan fingerprint density at radius 2 is 1.74 bits per heavy atom. The van der Waals surface area contributed by atoms with Gasteiger partial charge in [-0.2, -0.15) is 0 Å². The molecular weight excluding hydrogens is 352 g/mol. The number of nitro groups is 1. The van der Waals surface area contributed by atoms with E-state index in [0.717, 1.165) is 5.56 Å². The number of ether oxygens (including phenoxy) is 2. The molecule has 0 aliphatic heterocycles. The number of likely N-dealkylation sites (N-methyl/N-ethyl adjacent to an activating group) is 1. The average molecular weight is 372 g/mol. The predicted molar refractivity (Wildman–Crippen MR) is 97.1 cm³/mol. The van der Waals surface area contributed by atoms with Gasteiger partial charge in [-0.25, -0.2) is 4.79 Å². The van der Waals surface area contributed by atoms with Crippen LogP contribution in [0.5, 0.6) is 5.75 Å². The maximum absolute atomic E-state index is 12.3. The minimum atomic E-state index is -0.952. The second-order valence-electron chi connectivity index (χ2n) is 5.85. The van der Waals surface area contributed by atoms with E-state index in [9.17, 15) is 19.7 Å². The summed E-state index contributed by atoms with van der Waals surface area (Å²) in [5, 5.41) is 10.6. The van der Waals surface area contributed by atoms with Crippen LogP contribution in [0.2, 0.25) is 0 Å². The summed E-state index contributed by atoms with van der Waals surface area (Å²) in [7, 11) is 1.63. The van der Waals surface area contributed by atoms with Gasteiger partial charge in [0.05, 0.1) is 4.92 Å². The van der Waals surface area contributed by atoms with Crippen molar-refractivity contribution in [2.75, 3.05) is 13.7 Å². The smallest absolute Gasteiger partial charge is 0.344 e. The molecule has 0 radical (unpaired) electrons. The van der Waals surface area contributed by atoms with Gasteiger partial charge in [-0.15, -0.1) is 0 Å². The minimum absolute atomic E-state index is 0.0781. The molecule has 0 heterocycles. The summed E-state index contributed by atoms with van der Waals surface area (Å²) in [6.45, 7) is 1.49. The SMILES string of the molecule is C[C@H](OC(=O)COc1ccc([N+](=O)[O-])cc1)C(=O)N(C)Cc1ccccc1. The molecule has 0 saturated carbocycles. The molecule has 0 aliphatic carbocycles. The lowest BCUT2D eigenvalue weighted by Crippen LogP contribution is -2.37. The Labute approximate surface area is 156 Å². The summed E-state index contributed by atoms with van der Waals surface area (Å²) in [6.07, 6.45) is -0.952. The van der Waals surface area contributed by atoms with Crippen molar-refractivity contribution < 1.29 is 24.0 Å². The zero-order chi connectivity index (χ0) is 19.8. The Kier molecular flexibility index (Phi) is 6.87. The van der Waals surface area contributed by atoms with E-state index in [-0.39, 0.29) is 17.3 Å². The minimum Gasteiger partial charge on any atom is -0.482 e. The molecule has 0 fully saturated rings. The molecule has 1 amide bonds. The Balaban J connectivity index is 1.80. The summed E-state index contributed by atoms with van der Waals surface area (Å²) in [6, 6.07) is 14.8. The van der Waals surface area contributed by atoms with E-state index >= 15 is 0 Å². The molecule has 1 atom stereocenters. The lowest BCUT2D eigenvalue weighted by atomic mass is 10.2. The van der Waals surface area contributed by atoms with E-state index < -0.39 is 23.6 Å². The van der Waals surface area contributed by atoms with E-state index in [4.69, 9.17) is 9.47 Å². The molecule has 0 unspecified atom stereocenters.